The first-order valence-corrected chi connectivity index (χ1v) is 8.37. The standard InChI is InChI=1S/C16H18BrN5O2/c1-11-8-15(20-16(19-11)22-4-6-24-7-5-22)21-18-10-12-9-13(17)2-3-14(12)23/h2-3,8-10,23H,4-7H2,1H3,(H,19,20,21)/b18-10+. The molecule has 0 unspecified atom stereocenters. The van der Waals surface area contributed by atoms with Crippen LogP contribution in [0.2, 0.25) is 0 Å². The Balaban J connectivity index is 1.73. The van der Waals surface area contributed by atoms with Crippen molar-refractivity contribution < 1.29 is 9.84 Å². The van der Waals surface area contributed by atoms with Gasteiger partial charge >= 0.3 is 0 Å². The van der Waals surface area contributed by atoms with Gasteiger partial charge < -0.3 is 14.7 Å². The van der Waals surface area contributed by atoms with E-state index in [9.17, 15) is 5.11 Å². The van der Waals surface area contributed by atoms with E-state index >= 15 is 0 Å². The third-order valence-corrected chi connectivity index (χ3v) is 4.00. The molecule has 3 rings (SSSR count). The summed E-state index contributed by atoms with van der Waals surface area (Å²) in [6.45, 7) is 4.83. The molecule has 2 aromatic rings. The van der Waals surface area contributed by atoms with Gasteiger partial charge in [0, 0.05) is 34.9 Å². The van der Waals surface area contributed by atoms with E-state index in [0.29, 0.717) is 30.5 Å². The number of anilines is 2. The molecular weight excluding hydrogens is 374 g/mol. The zero-order chi connectivity index (χ0) is 16.9. The van der Waals surface area contributed by atoms with E-state index in [4.69, 9.17) is 4.74 Å². The van der Waals surface area contributed by atoms with E-state index in [2.05, 4.69) is 41.3 Å². The lowest BCUT2D eigenvalue weighted by atomic mass is 10.2. The van der Waals surface area contributed by atoms with E-state index in [1.807, 2.05) is 13.0 Å². The zero-order valence-electron chi connectivity index (χ0n) is 13.2. The molecule has 0 saturated carbocycles. The number of aryl methyl sites for hydroxylation is 1. The number of hydrogen-bond acceptors (Lipinski definition) is 7. The number of phenolic OH excluding ortho intramolecular Hbond substituents is 1. The van der Waals surface area contributed by atoms with Crippen LogP contribution in [0.3, 0.4) is 0 Å². The number of hydrazone groups is 1. The summed E-state index contributed by atoms with van der Waals surface area (Å²) in [5.41, 5.74) is 4.36. The van der Waals surface area contributed by atoms with Crippen molar-refractivity contribution in [1.29, 1.82) is 0 Å². The van der Waals surface area contributed by atoms with Gasteiger partial charge in [-0.05, 0) is 25.1 Å². The minimum atomic E-state index is 0.164. The molecule has 1 aliphatic heterocycles. The molecule has 1 aliphatic rings. The summed E-state index contributed by atoms with van der Waals surface area (Å²) in [6.07, 6.45) is 1.55. The van der Waals surface area contributed by atoms with Gasteiger partial charge in [0.2, 0.25) is 5.95 Å². The summed E-state index contributed by atoms with van der Waals surface area (Å²) in [4.78, 5) is 11.1. The number of hydrogen-bond donors (Lipinski definition) is 2. The number of nitrogens with zero attached hydrogens (tertiary/aromatic N) is 4. The third-order valence-electron chi connectivity index (χ3n) is 3.51. The maximum atomic E-state index is 9.81. The SMILES string of the molecule is Cc1cc(N/N=C/c2cc(Br)ccc2O)nc(N2CCOCC2)n1. The highest BCUT2D eigenvalue weighted by Crippen LogP contribution is 2.20. The quantitative estimate of drug-likeness (QED) is 0.615. The van der Waals surface area contributed by atoms with Gasteiger partial charge in [-0.1, -0.05) is 15.9 Å². The Morgan fingerprint density at radius 1 is 1.29 bits per heavy atom. The van der Waals surface area contributed by atoms with Crippen molar-refractivity contribution in [3.05, 3.63) is 40.0 Å². The number of benzene rings is 1. The molecule has 1 aromatic carbocycles. The van der Waals surface area contributed by atoms with Gasteiger partial charge in [-0.25, -0.2) is 4.98 Å². The van der Waals surface area contributed by atoms with Crippen LogP contribution in [-0.4, -0.2) is 47.6 Å². The minimum absolute atomic E-state index is 0.164. The normalized spacial score (nSPS) is 15.0. The molecule has 0 bridgehead atoms. The van der Waals surface area contributed by atoms with Crippen LogP contribution in [0.25, 0.3) is 0 Å². The molecule has 2 heterocycles. The monoisotopic (exact) mass is 391 g/mol. The second-order valence-electron chi connectivity index (χ2n) is 5.37. The maximum Gasteiger partial charge on any atom is 0.227 e. The molecule has 0 aliphatic carbocycles. The fraction of sp³-hybridized carbons (Fsp3) is 0.312. The maximum absolute atomic E-state index is 9.81. The van der Waals surface area contributed by atoms with Crippen LogP contribution in [-0.2, 0) is 4.74 Å². The Morgan fingerprint density at radius 2 is 2.08 bits per heavy atom. The Labute approximate surface area is 148 Å². The van der Waals surface area contributed by atoms with Crippen molar-refractivity contribution in [2.75, 3.05) is 36.6 Å². The lowest BCUT2D eigenvalue weighted by Gasteiger charge is -2.27. The van der Waals surface area contributed by atoms with E-state index < -0.39 is 0 Å². The van der Waals surface area contributed by atoms with Gasteiger partial charge in [0.25, 0.3) is 0 Å². The predicted molar refractivity (Wildman–Crippen MR) is 96.8 cm³/mol. The predicted octanol–water partition coefficient (Wildman–Crippen LogP) is 2.54. The van der Waals surface area contributed by atoms with Crippen molar-refractivity contribution >= 4 is 33.9 Å². The second kappa shape index (κ2) is 7.59. The fourth-order valence-electron chi connectivity index (χ4n) is 2.31. The largest absolute Gasteiger partial charge is 0.507 e. The second-order valence-corrected chi connectivity index (χ2v) is 6.28. The van der Waals surface area contributed by atoms with Crippen LogP contribution in [0.4, 0.5) is 11.8 Å². The van der Waals surface area contributed by atoms with Crippen LogP contribution in [0, 0.1) is 6.92 Å². The van der Waals surface area contributed by atoms with Gasteiger partial charge in [0.1, 0.15) is 5.75 Å². The Bertz CT molecular complexity index is 747. The average molecular weight is 392 g/mol. The highest BCUT2D eigenvalue weighted by Gasteiger charge is 2.14. The van der Waals surface area contributed by atoms with E-state index in [0.717, 1.165) is 23.3 Å². The number of phenols is 1. The molecule has 1 saturated heterocycles. The number of halogens is 1. The van der Waals surface area contributed by atoms with Crippen molar-refractivity contribution in [3.63, 3.8) is 0 Å². The number of aromatic hydroxyl groups is 1. The Kier molecular flexibility index (Phi) is 5.27. The smallest absolute Gasteiger partial charge is 0.227 e. The zero-order valence-corrected chi connectivity index (χ0v) is 14.8. The lowest BCUT2D eigenvalue weighted by Crippen LogP contribution is -2.37. The highest BCUT2D eigenvalue weighted by atomic mass is 79.9. The van der Waals surface area contributed by atoms with Crippen molar-refractivity contribution in [2.45, 2.75) is 6.92 Å². The summed E-state index contributed by atoms with van der Waals surface area (Å²) >= 11 is 3.37. The summed E-state index contributed by atoms with van der Waals surface area (Å²) in [6, 6.07) is 6.98. The van der Waals surface area contributed by atoms with Crippen molar-refractivity contribution in [3.8, 4) is 5.75 Å². The highest BCUT2D eigenvalue weighted by molar-refractivity contribution is 9.10. The molecule has 0 spiro atoms. The Hall–Kier alpha value is -2.19. The summed E-state index contributed by atoms with van der Waals surface area (Å²) in [5.74, 6) is 1.44. The number of morpholine rings is 1. The molecule has 2 N–H and O–H groups in total. The lowest BCUT2D eigenvalue weighted by molar-refractivity contribution is 0.122. The van der Waals surface area contributed by atoms with Crippen LogP contribution in [0.1, 0.15) is 11.3 Å². The molecule has 0 radical (unpaired) electrons. The van der Waals surface area contributed by atoms with E-state index in [1.54, 1.807) is 24.4 Å². The molecule has 24 heavy (non-hydrogen) atoms. The van der Waals surface area contributed by atoms with Gasteiger partial charge in [0.15, 0.2) is 5.82 Å². The molecular formula is C16H18BrN5O2. The van der Waals surface area contributed by atoms with Crippen LogP contribution in [0.15, 0.2) is 33.8 Å². The van der Waals surface area contributed by atoms with E-state index in [1.165, 1.54) is 0 Å². The molecule has 1 fully saturated rings. The fourth-order valence-corrected chi connectivity index (χ4v) is 2.69. The molecule has 1 aromatic heterocycles. The minimum Gasteiger partial charge on any atom is -0.507 e. The summed E-state index contributed by atoms with van der Waals surface area (Å²) in [7, 11) is 0. The number of rotatable bonds is 4. The molecule has 126 valence electrons. The van der Waals surface area contributed by atoms with Crippen LogP contribution in [0.5, 0.6) is 5.75 Å². The van der Waals surface area contributed by atoms with Gasteiger partial charge in [0.05, 0.1) is 19.4 Å². The first-order valence-electron chi connectivity index (χ1n) is 7.58. The first kappa shape index (κ1) is 16.7. The van der Waals surface area contributed by atoms with E-state index in [-0.39, 0.29) is 5.75 Å². The van der Waals surface area contributed by atoms with Crippen molar-refractivity contribution in [1.82, 2.24) is 9.97 Å². The van der Waals surface area contributed by atoms with Gasteiger partial charge in [-0.15, -0.1) is 0 Å². The van der Waals surface area contributed by atoms with Gasteiger partial charge in [-0.3, -0.25) is 5.43 Å². The molecule has 8 heteroatoms. The van der Waals surface area contributed by atoms with Crippen molar-refractivity contribution in [2.24, 2.45) is 5.10 Å². The van der Waals surface area contributed by atoms with Gasteiger partial charge in [-0.2, -0.15) is 10.1 Å². The number of nitrogens with one attached hydrogen (secondary N) is 1. The summed E-state index contributed by atoms with van der Waals surface area (Å²) < 4.78 is 6.22. The molecule has 7 nitrogen and oxygen atoms in total. The molecule has 0 amide bonds. The van der Waals surface area contributed by atoms with Crippen LogP contribution >= 0.6 is 15.9 Å². The number of aromatic nitrogens is 2. The average Bonchev–Trinajstić information content (AvgIpc) is 2.58. The first-order chi connectivity index (χ1) is 11.6. The Morgan fingerprint density at radius 3 is 2.88 bits per heavy atom. The van der Waals surface area contributed by atoms with Crippen LogP contribution < -0.4 is 10.3 Å². The number of ether oxygens (including phenoxy) is 1. The third kappa shape index (κ3) is 4.21. The summed E-state index contributed by atoms with van der Waals surface area (Å²) in [5, 5.41) is 14.0. The molecule has 0 atom stereocenters. The topological polar surface area (TPSA) is 82.9 Å².